The van der Waals surface area contributed by atoms with E-state index in [2.05, 4.69) is 17.9 Å². The van der Waals surface area contributed by atoms with Crippen molar-refractivity contribution in [3.8, 4) is 5.75 Å². The first-order chi connectivity index (χ1) is 13.4. The third kappa shape index (κ3) is 7.69. The predicted octanol–water partition coefficient (Wildman–Crippen LogP) is 2.00. The van der Waals surface area contributed by atoms with Gasteiger partial charge in [-0.2, -0.15) is 0 Å². The van der Waals surface area contributed by atoms with E-state index in [1.165, 1.54) is 18.2 Å². The van der Waals surface area contributed by atoms with Gasteiger partial charge in [-0.15, -0.1) is 0 Å². The van der Waals surface area contributed by atoms with E-state index < -0.39 is 23.9 Å². The highest BCUT2D eigenvalue weighted by molar-refractivity contribution is 6.17. The summed E-state index contributed by atoms with van der Waals surface area (Å²) in [6.45, 7) is 7.72. The SMILES string of the molecule is C=CC(=O)OCCOC(=O)C(=Cc1cccc(OC(=O)C=C)c1)C(=O)OCC. The molecule has 1 rings (SSSR count). The van der Waals surface area contributed by atoms with E-state index in [0.717, 1.165) is 12.2 Å². The van der Waals surface area contributed by atoms with Gasteiger partial charge in [-0.25, -0.2) is 19.2 Å². The monoisotopic (exact) mass is 388 g/mol. The first kappa shape index (κ1) is 22.4. The quantitative estimate of drug-likeness (QED) is 0.114. The molecule has 8 nitrogen and oxygen atoms in total. The average molecular weight is 388 g/mol. The maximum Gasteiger partial charge on any atom is 0.345 e. The highest BCUT2D eigenvalue weighted by Gasteiger charge is 2.21. The molecule has 0 atom stereocenters. The van der Waals surface area contributed by atoms with Crippen molar-refractivity contribution in [1.29, 1.82) is 0 Å². The topological polar surface area (TPSA) is 105 Å². The zero-order chi connectivity index (χ0) is 20.9. The van der Waals surface area contributed by atoms with Crippen LogP contribution in [0.2, 0.25) is 0 Å². The largest absolute Gasteiger partial charge is 0.462 e. The number of hydrogen-bond donors (Lipinski definition) is 0. The Bertz CT molecular complexity index is 791. The van der Waals surface area contributed by atoms with Crippen LogP contribution in [0.15, 0.2) is 55.1 Å². The van der Waals surface area contributed by atoms with E-state index in [0.29, 0.717) is 5.56 Å². The fourth-order valence-corrected chi connectivity index (χ4v) is 1.82. The Morgan fingerprint density at radius 3 is 2.21 bits per heavy atom. The van der Waals surface area contributed by atoms with Gasteiger partial charge in [-0.05, 0) is 30.7 Å². The molecule has 0 aliphatic carbocycles. The number of ether oxygens (including phenoxy) is 4. The molecule has 0 saturated carbocycles. The molecule has 0 N–H and O–H groups in total. The van der Waals surface area contributed by atoms with E-state index >= 15 is 0 Å². The number of benzene rings is 1. The normalized spacial score (nSPS) is 10.4. The highest BCUT2D eigenvalue weighted by atomic mass is 16.6. The maximum absolute atomic E-state index is 12.2. The molecule has 148 valence electrons. The minimum atomic E-state index is -0.957. The molecule has 8 heteroatoms. The van der Waals surface area contributed by atoms with Crippen LogP contribution in [0.1, 0.15) is 12.5 Å². The molecule has 1 aromatic carbocycles. The molecule has 0 aliphatic heterocycles. The summed E-state index contributed by atoms with van der Waals surface area (Å²) in [6.07, 6.45) is 3.21. The molecule has 0 spiro atoms. The summed E-state index contributed by atoms with van der Waals surface area (Å²) < 4.78 is 19.5. The van der Waals surface area contributed by atoms with Gasteiger partial charge in [0.25, 0.3) is 0 Å². The molecule has 0 amide bonds. The van der Waals surface area contributed by atoms with Crippen molar-refractivity contribution in [2.75, 3.05) is 19.8 Å². The van der Waals surface area contributed by atoms with Crippen molar-refractivity contribution >= 4 is 30.0 Å². The number of carbonyl (C=O) groups is 4. The van der Waals surface area contributed by atoms with E-state index in [9.17, 15) is 19.2 Å². The molecular formula is C20H20O8. The zero-order valence-electron chi connectivity index (χ0n) is 15.3. The van der Waals surface area contributed by atoms with Crippen LogP contribution in [0.5, 0.6) is 5.75 Å². The van der Waals surface area contributed by atoms with Crippen molar-refractivity contribution in [1.82, 2.24) is 0 Å². The Labute approximate surface area is 162 Å². The summed E-state index contributed by atoms with van der Waals surface area (Å²) in [7, 11) is 0. The Morgan fingerprint density at radius 1 is 0.929 bits per heavy atom. The lowest BCUT2D eigenvalue weighted by molar-refractivity contribution is -0.150. The number of hydrogen-bond acceptors (Lipinski definition) is 8. The van der Waals surface area contributed by atoms with Crippen molar-refractivity contribution in [2.45, 2.75) is 6.92 Å². The smallest absolute Gasteiger partial charge is 0.345 e. The van der Waals surface area contributed by atoms with E-state index in [4.69, 9.17) is 14.2 Å². The van der Waals surface area contributed by atoms with E-state index in [-0.39, 0.29) is 31.1 Å². The molecule has 0 saturated heterocycles. The second-order valence-electron chi connectivity index (χ2n) is 4.98. The van der Waals surface area contributed by atoms with Gasteiger partial charge in [-0.1, -0.05) is 25.3 Å². The fourth-order valence-electron chi connectivity index (χ4n) is 1.82. The molecule has 0 fully saturated rings. The average Bonchev–Trinajstić information content (AvgIpc) is 2.69. The predicted molar refractivity (Wildman–Crippen MR) is 99.0 cm³/mol. The van der Waals surface area contributed by atoms with Crippen molar-refractivity contribution in [3.05, 3.63) is 60.7 Å². The van der Waals surface area contributed by atoms with Crippen LogP contribution in [0.4, 0.5) is 0 Å². The van der Waals surface area contributed by atoms with Crippen LogP contribution in [0.25, 0.3) is 6.08 Å². The minimum Gasteiger partial charge on any atom is -0.462 e. The standard InChI is InChI=1S/C20H20O8/c1-4-17(21)26-10-11-27-20(24)16(19(23)25-6-3)13-14-8-7-9-15(12-14)28-18(22)5-2/h4-5,7-9,12-13H,1-2,6,10-11H2,3H3. The Balaban J connectivity index is 2.95. The molecule has 0 heterocycles. The lowest BCUT2D eigenvalue weighted by atomic mass is 10.1. The second-order valence-corrected chi connectivity index (χ2v) is 4.98. The molecule has 1 aromatic rings. The first-order valence-corrected chi connectivity index (χ1v) is 8.20. The van der Waals surface area contributed by atoms with Gasteiger partial charge in [-0.3, -0.25) is 0 Å². The van der Waals surface area contributed by atoms with Gasteiger partial charge < -0.3 is 18.9 Å². The van der Waals surface area contributed by atoms with Crippen molar-refractivity contribution in [2.24, 2.45) is 0 Å². The molecule has 0 aromatic heterocycles. The number of carbonyl (C=O) groups excluding carboxylic acids is 4. The van der Waals surface area contributed by atoms with Gasteiger partial charge in [0.05, 0.1) is 6.61 Å². The lowest BCUT2D eigenvalue weighted by Gasteiger charge is -2.09. The van der Waals surface area contributed by atoms with Gasteiger partial charge in [0.2, 0.25) is 0 Å². The second kappa shape index (κ2) is 11.8. The lowest BCUT2D eigenvalue weighted by Crippen LogP contribution is -2.20. The van der Waals surface area contributed by atoms with Crippen LogP contribution < -0.4 is 4.74 Å². The summed E-state index contributed by atoms with van der Waals surface area (Å²) in [4.78, 5) is 46.6. The fraction of sp³-hybridized carbons (Fsp3) is 0.200. The number of rotatable bonds is 10. The first-order valence-electron chi connectivity index (χ1n) is 8.20. The zero-order valence-corrected chi connectivity index (χ0v) is 15.3. The van der Waals surface area contributed by atoms with Crippen LogP contribution >= 0.6 is 0 Å². The molecule has 28 heavy (non-hydrogen) atoms. The van der Waals surface area contributed by atoms with Crippen molar-refractivity contribution in [3.63, 3.8) is 0 Å². The summed E-state index contributed by atoms with van der Waals surface area (Å²) in [6, 6.07) is 6.12. The van der Waals surface area contributed by atoms with Crippen LogP contribution in [0, 0.1) is 0 Å². The summed E-state index contributed by atoms with van der Waals surface area (Å²) in [5.41, 5.74) is 0.0246. The van der Waals surface area contributed by atoms with Gasteiger partial charge >= 0.3 is 23.9 Å². The van der Waals surface area contributed by atoms with Gasteiger partial charge in [0.1, 0.15) is 24.5 Å². The van der Waals surface area contributed by atoms with Gasteiger partial charge in [0.15, 0.2) is 0 Å². The third-order valence-electron chi connectivity index (χ3n) is 3.00. The Hall–Kier alpha value is -3.68. The number of esters is 4. The molecular weight excluding hydrogens is 368 g/mol. The van der Waals surface area contributed by atoms with Crippen LogP contribution in [0.3, 0.4) is 0 Å². The molecule has 0 unspecified atom stereocenters. The molecule has 0 radical (unpaired) electrons. The summed E-state index contributed by atoms with van der Waals surface area (Å²) in [5.74, 6) is -2.96. The molecule has 0 aliphatic rings. The van der Waals surface area contributed by atoms with Crippen LogP contribution in [-0.4, -0.2) is 43.7 Å². The maximum atomic E-state index is 12.2. The Morgan fingerprint density at radius 2 is 1.57 bits per heavy atom. The highest BCUT2D eigenvalue weighted by Crippen LogP contribution is 2.17. The third-order valence-corrected chi connectivity index (χ3v) is 3.00. The summed E-state index contributed by atoms with van der Waals surface area (Å²) >= 11 is 0. The van der Waals surface area contributed by atoms with Crippen LogP contribution in [-0.2, 0) is 33.4 Å². The van der Waals surface area contributed by atoms with E-state index in [1.807, 2.05) is 0 Å². The van der Waals surface area contributed by atoms with E-state index in [1.54, 1.807) is 19.1 Å². The summed E-state index contributed by atoms with van der Waals surface area (Å²) in [5, 5.41) is 0. The van der Waals surface area contributed by atoms with Crippen molar-refractivity contribution < 1.29 is 38.1 Å². The molecule has 0 bridgehead atoms. The Kier molecular flexibility index (Phi) is 9.46. The minimum absolute atomic E-state index is 0.0530. The van der Waals surface area contributed by atoms with Gasteiger partial charge in [0, 0.05) is 12.2 Å².